The lowest BCUT2D eigenvalue weighted by Gasteiger charge is -2.12. The van der Waals surface area contributed by atoms with Crippen molar-refractivity contribution in [3.8, 4) is 0 Å². The number of aromatic nitrogens is 1. The summed E-state index contributed by atoms with van der Waals surface area (Å²) in [6, 6.07) is 6.92. The normalized spacial score (nSPS) is 11.8. The number of aryl methyl sites for hydroxylation is 2. The number of halogens is 1. The van der Waals surface area contributed by atoms with E-state index in [2.05, 4.69) is 15.8 Å². The fraction of sp³-hybridized carbons (Fsp3) is 0.312. The van der Waals surface area contributed by atoms with Gasteiger partial charge in [0.2, 0.25) is 11.8 Å². The third-order valence-corrected chi connectivity index (χ3v) is 4.56. The van der Waals surface area contributed by atoms with Crippen molar-refractivity contribution < 1.29 is 14.1 Å². The van der Waals surface area contributed by atoms with E-state index < -0.39 is 5.25 Å². The van der Waals surface area contributed by atoms with Crippen LogP contribution in [0.4, 0.5) is 11.5 Å². The number of hydrogen-bond donors (Lipinski definition) is 2. The van der Waals surface area contributed by atoms with E-state index >= 15 is 0 Å². The summed E-state index contributed by atoms with van der Waals surface area (Å²) in [6.45, 7) is 5.35. The highest BCUT2D eigenvalue weighted by atomic mass is 35.5. The molecule has 0 radical (unpaired) electrons. The topological polar surface area (TPSA) is 84.2 Å². The fourth-order valence-corrected chi connectivity index (χ4v) is 2.70. The Bertz CT molecular complexity index is 748. The van der Waals surface area contributed by atoms with Gasteiger partial charge in [0.15, 0.2) is 5.82 Å². The first kappa shape index (κ1) is 18.4. The fourth-order valence-electron chi connectivity index (χ4n) is 1.84. The molecule has 0 fully saturated rings. The maximum absolute atomic E-state index is 12.0. The third kappa shape index (κ3) is 5.28. The summed E-state index contributed by atoms with van der Waals surface area (Å²) in [7, 11) is 0. The summed E-state index contributed by atoms with van der Waals surface area (Å²) in [4.78, 5) is 24.1. The predicted octanol–water partition coefficient (Wildman–Crippen LogP) is 3.64. The molecule has 1 aromatic heterocycles. The molecule has 24 heavy (non-hydrogen) atoms. The molecule has 1 aromatic carbocycles. The minimum absolute atomic E-state index is 0.151. The number of thioether (sulfide) groups is 1. The SMILES string of the molecule is Cc1cc(NC(=O)C(C)SCC(=O)Nc2cc(Cl)ccc2C)no1. The van der Waals surface area contributed by atoms with E-state index in [9.17, 15) is 9.59 Å². The molecule has 0 aliphatic rings. The lowest BCUT2D eigenvalue weighted by Crippen LogP contribution is -2.25. The van der Waals surface area contributed by atoms with Crippen LogP contribution in [0.25, 0.3) is 0 Å². The smallest absolute Gasteiger partial charge is 0.238 e. The summed E-state index contributed by atoms with van der Waals surface area (Å²) in [5.74, 6) is 0.700. The number of benzene rings is 1. The maximum Gasteiger partial charge on any atom is 0.238 e. The van der Waals surface area contributed by atoms with Crippen LogP contribution in [-0.4, -0.2) is 28.0 Å². The van der Waals surface area contributed by atoms with Crippen LogP contribution in [0.2, 0.25) is 5.02 Å². The lowest BCUT2D eigenvalue weighted by molar-refractivity contribution is -0.115. The number of carbonyl (C=O) groups is 2. The summed E-state index contributed by atoms with van der Waals surface area (Å²) in [5, 5.41) is 9.28. The van der Waals surface area contributed by atoms with Gasteiger partial charge in [-0.05, 0) is 38.5 Å². The van der Waals surface area contributed by atoms with E-state index in [0.29, 0.717) is 22.3 Å². The molecule has 0 saturated carbocycles. The third-order valence-electron chi connectivity index (χ3n) is 3.19. The van der Waals surface area contributed by atoms with Gasteiger partial charge < -0.3 is 15.2 Å². The minimum Gasteiger partial charge on any atom is -0.360 e. The zero-order valence-electron chi connectivity index (χ0n) is 13.6. The zero-order chi connectivity index (χ0) is 17.7. The molecule has 0 aliphatic carbocycles. The molecule has 0 aliphatic heterocycles. The Hall–Kier alpha value is -1.99. The summed E-state index contributed by atoms with van der Waals surface area (Å²) < 4.78 is 4.88. The predicted molar refractivity (Wildman–Crippen MR) is 96.6 cm³/mol. The van der Waals surface area contributed by atoms with E-state index in [1.807, 2.05) is 13.0 Å². The van der Waals surface area contributed by atoms with Crippen molar-refractivity contribution in [3.63, 3.8) is 0 Å². The molecule has 0 bridgehead atoms. The Morgan fingerprint density at radius 2 is 2.04 bits per heavy atom. The number of nitrogens with zero attached hydrogens (tertiary/aromatic N) is 1. The second-order valence-corrected chi connectivity index (χ2v) is 7.04. The van der Waals surface area contributed by atoms with Gasteiger partial charge in [0.25, 0.3) is 0 Å². The molecule has 1 heterocycles. The molecule has 6 nitrogen and oxygen atoms in total. The van der Waals surface area contributed by atoms with Gasteiger partial charge in [-0.15, -0.1) is 11.8 Å². The first-order valence-corrected chi connectivity index (χ1v) is 8.69. The van der Waals surface area contributed by atoms with Crippen molar-refractivity contribution in [1.29, 1.82) is 0 Å². The largest absolute Gasteiger partial charge is 0.360 e. The van der Waals surface area contributed by atoms with Crippen LogP contribution in [0, 0.1) is 13.8 Å². The van der Waals surface area contributed by atoms with Gasteiger partial charge in [0.05, 0.1) is 11.0 Å². The molecule has 128 valence electrons. The number of hydrogen-bond acceptors (Lipinski definition) is 5. The van der Waals surface area contributed by atoms with E-state index in [1.165, 1.54) is 11.8 Å². The van der Waals surface area contributed by atoms with E-state index in [-0.39, 0.29) is 17.6 Å². The van der Waals surface area contributed by atoms with Gasteiger partial charge in [0, 0.05) is 16.8 Å². The number of rotatable bonds is 6. The Morgan fingerprint density at radius 1 is 1.29 bits per heavy atom. The van der Waals surface area contributed by atoms with Crippen LogP contribution in [0.1, 0.15) is 18.2 Å². The highest BCUT2D eigenvalue weighted by Gasteiger charge is 2.17. The summed E-state index contributed by atoms with van der Waals surface area (Å²) in [5.41, 5.74) is 1.59. The Labute approximate surface area is 149 Å². The molecule has 2 amide bonds. The van der Waals surface area contributed by atoms with Crippen LogP contribution in [0.15, 0.2) is 28.8 Å². The van der Waals surface area contributed by atoms with Crippen molar-refractivity contribution in [2.75, 3.05) is 16.4 Å². The zero-order valence-corrected chi connectivity index (χ0v) is 15.1. The number of amides is 2. The Balaban J connectivity index is 1.82. The molecule has 2 aromatic rings. The monoisotopic (exact) mass is 367 g/mol. The molecule has 0 saturated heterocycles. The van der Waals surface area contributed by atoms with Crippen LogP contribution in [0.5, 0.6) is 0 Å². The highest BCUT2D eigenvalue weighted by molar-refractivity contribution is 8.01. The van der Waals surface area contributed by atoms with Gasteiger partial charge in [-0.1, -0.05) is 22.8 Å². The van der Waals surface area contributed by atoms with Gasteiger partial charge in [0.1, 0.15) is 5.76 Å². The second kappa shape index (κ2) is 8.21. The van der Waals surface area contributed by atoms with E-state index in [0.717, 1.165) is 5.56 Å². The highest BCUT2D eigenvalue weighted by Crippen LogP contribution is 2.21. The van der Waals surface area contributed by atoms with E-state index in [4.69, 9.17) is 16.1 Å². The van der Waals surface area contributed by atoms with Crippen LogP contribution in [-0.2, 0) is 9.59 Å². The number of nitrogens with one attached hydrogen (secondary N) is 2. The average molecular weight is 368 g/mol. The van der Waals surface area contributed by atoms with Crippen molar-refractivity contribution in [3.05, 3.63) is 40.6 Å². The molecule has 2 N–H and O–H groups in total. The van der Waals surface area contributed by atoms with Crippen molar-refractivity contribution in [2.45, 2.75) is 26.0 Å². The number of carbonyl (C=O) groups excluding carboxylic acids is 2. The van der Waals surface area contributed by atoms with Crippen LogP contribution >= 0.6 is 23.4 Å². The maximum atomic E-state index is 12.0. The molecule has 8 heteroatoms. The van der Waals surface area contributed by atoms with Gasteiger partial charge in [-0.25, -0.2) is 0 Å². The molecule has 2 rings (SSSR count). The van der Waals surface area contributed by atoms with Crippen LogP contribution < -0.4 is 10.6 Å². The van der Waals surface area contributed by atoms with Crippen molar-refractivity contribution in [2.24, 2.45) is 0 Å². The minimum atomic E-state index is -0.409. The van der Waals surface area contributed by atoms with Crippen LogP contribution in [0.3, 0.4) is 0 Å². The Kier molecular flexibility index (Phi) is 6.28. The van der Waals surface area contributed by atoms with E-state index in [1.54, 1.807) is 32.0 Å². The van der Waals surface area contributed by atoms with Gasteiger partial charge >= 0.3 is 0 Å². The first-order chi connectivity index (χ1) is 11.3. The molecular weight excluding hydrogens is 350 g/mol. The summed E-state index contributed by atoms with van der Waals surface area (Å²) >= 11 is 7.16. The average Bonchev–Trinajstić information content (AvgIpc) is 2.93. The molecule has 1 atom stereocenters. The van der Waals surface area contributed by atoms with Gasteiger partial charge in [-0.3, -0.25) is 9.59 Å². The number of anilines is 2. The first-order valence-electron chi connectivity index (χ1n) is 7.27. The van der Waals surface area contributed by atoms with Crippen molar-refractivity contribution in [1.82, 2.24) is 5.16 Å². The second-order valence-electron chi connectivity index (χ2n) is 5.27. The standard InChI is InChI=1S/C16H18ClN3O3S/c1-9-4-5-12(17)7-13(9)18-15(21)8-24-11(3)16(22)19-14-6-10(2)23-20-14/h4-7,11H,8H2,1-3H3,(H,18,21)(H,19,20,22). The molecular formula is C16H18ClN3O3S. The lowest BCUT2D eigenvalue weighted by atomic mass is 10.2. The van der Waals surface area contributed by atoms with Gasteiger partial charge in [-0.2, -0.15) is 0 Å². The Morgan fingerprint density at radius 3 is 2.71 bits per heavy atom. The molecule has 0 spiro atoms. The van der Waals surface area contributed by atoms with Crippen molar-refractivity contribution >= 4 is 46.7 Å². The quantitative estimate of drug-likeness (QED) is 0.814. The molecule has 1 unspecified atom stereocenters. The summed E-state index contributed by atoms with van der Waals surface area (Å²) in [6.07, 6.45) is 0.